The molecule has 1 aliphatic rings. The predicted octanol–water partition coefficient (Wildman–Crippen LogP) is 0.895. The van der Waals surface area contributed by atoms with E-state index in [1.165, 1.54) is 11.7 Å². The molecule has 1 aromatic heterocycles. The maximum absolute atomic E-state index is 12.1. The molecule has 1 atom stereocenters. The highest BCUT2D eigenvalue weighted by molar-refractivity contribution is 6.31. The first kappa shape index (κ1) is 17.9. The quantitative estimate of drug-likeness (QED) is 0.731. The monoisotopic (exact) mass is 372 g/mol. The van der Waals surface area contributed by atoms with E-state index in [9.17, 15) is 9.59 Å². The number of amides is 2. The molecule has 2 aromatic rings. The molecule has 2 amide bonds. The molecule has 1 aliphatic heterocycles. The van der Waals surface area contributed by atoms with Crippen LogP contribution in [0.15, 0.2) is 18.2 Å². The van der Waals surface area contributed by atoms with Crippen molar-refractivity contribution in [3.05, 3.63) is 28.8 Å². The Bertz CT molecular complexity index is 903. The second kappa shape index (κ2) is 7.14. The Labute approximate surface area is 155 Å². The first-order valence-electron chi connectivity index (χ1n) is 7.96. The third kappa shape index (κ3) is 3.53. The summed E-state index contributed by atoms with van der Waals surface area (Å²) in [5.41, 5.74) is 1.47. The fourth-order valence-corrected chi connectivity index (χ4v) is 3.30. The van der Waals surface area contributed by atoms with Crippen LogP contribution in [0.25, 0.3) is 11.4 Å². The number of hydrogen-bond acceptors (Lipinski definition) is 5. The molecule has 0 bridgehead atoms. The van der Waals surface area contributed by atoms with Crippen molar-refractivity contribution < 1.29 is 9.59 Å². The summed E-state index contributed by atoms with van der Waals surface area (Å²) in [4.78, 5) is 28.6. The lowest BCUT2D eigenvalue weighted by Gasteiger charge is -2.40. The average Bonchev–Trinajstić information content (AvgIpc) is 3.06. The summed E-state index contributed by atoms with van der Waals surface area (Å²) in [5.74, 6) is 2.08. The second-order valence-corrected chi connectivity index (χ2v) is 6.44. The lowest BCUT2D eigenvalue weighted by Crippen LogP contribution is -2.51. The van der Waals surface area contributed by atoms with Crippen molar-refractivity contribution in [1.29, 1.82) is 0 Å². The topological polar surface area (TPSA) is 84.2 Å². The van der Waals surface area contributed by atoms with Gasteiger partial charge in [0.25, 0.3) is 5.91 Å². The Hall–Kier alpha value is -2.92. The average molecular weight is 373 g/mol. The zero-order valence-electron chi connectivity index (χ0n) is 14.4. The zero-order valence-corrected chi connectivity index (χ0v) is 15.1. The molecule has 1 saturated heterocycles. The van der Waals surface area contributed by atoms with Gasteiger partial charge in [-0.2, -0.15) is 4.80 Å². The van der Waals surface area contributed by atoms with Crippen LogP contribution < -0.4 is 0 Å². The molecule has 3 rings (SSSR count). The molecule has 134 valence electrons. The Morgan fingerprint density at radius 1 is 1.31 bits per heavy atom. The van der Waals surface area contributed by atoms with Crippen LogP contribution in [-0.4, -0.2) is 61.5 Å². The summed E-state index contributed by atoms with van der Waals surface area (Å²) in [6.07, 6.45) is 5.24. The first-order chi connectivity index (χ1) is 12.4. The minimum atomic E-state index is -0.393. The number of piperazine rings is 1. The van der Waals surface area contributed by atoms with Crippen LogP contribution in [0.1, 0.15) is 18.5 Å². The largest absolute Gasteiger partial charge is 0.332 e. The Balaban J connectivity index is 2.00. The number of benzene rings is 1. The summed E-state index contributed by atoms with van der Waals surface area (Å²) < 4.78 is 0. The van der Waals surface area contributed by atoms with Crippen molar-refractivity contribution in [3.63, 3.8) is 0 Å². The van der Waals surface area contributed by atoms with E-state index in [1.807, 2.05) is 6.07 Å². The number of aryl methyl sites for hydroxylation is 1. The molecule has 0 aliphatic carbocycles. The van der Waals surface area contributed by atoms with Gasteiger partial charge in [0.2, 0.25) is 11.7 Å². The van der Waals surface area contributed by atoms with Crippen molar-refractivity contribution in [2.24, 2.45) is 7.05 Å². The number of nitrogens with zero attached hydrogens (tertiary/aromatic N) is 6. The van der Waals surface area contributed by atoms with Crippen LogP contribution in [0.4, 0.5) is 0 Å². The van der Waals surface area contributed by atoms with Crippen LogP contribution in [0.2, 0.25) is 5.02 Å². The van der Waals surface area contributed by atoms with E-state index < -0.39 is 5.91 Å². The second-order valence-electron chi connectivity index (χ2n) is 6.00. The third-order valence-electron chi connectivity index (χ3n) is 4.27. The van der Waals surface area contributed by atoms with Gasteiger partial charge in [-0.25, -0.2) is 0 Å². The third-order valence-corrected chi connectivity index (χ3v) is 4.49. The van der Waals surface area contributed by atoms with Gasteiger partial charge < -0.3 is 9.80 Å². The normalized spacial score (nSPS) is 17.1. The van der Waals surface area contributed by atoms with Crippen molar-refractivity contribution in [3.8, 4) is 23.7 Å². The standard InChI is InChI=1S/C17H17ClN6O2/c1-4-16(26)23-5-6-24(11(2)25)15(10-23)12-7-13(9-14(18)8-12)17-19-21-22(3)20-17/h1,7-9,15H,5-6,10H2,2-3H3/t15-/m1/s1. The van der Waals surface area contributed by atoms with E-state index in [2.05, 4.69) is 21.3 Å². The molecule has 1 aromatic carbocycles. The summed E-state index contributed by atoms with van der Waals surface area (Å²) in [6, 6.07) is 5.00. The number of aromatic nitrogens is 4. The summed E-state index contributed by atoms with van der Waals surface area (Å²) in [6.45, 7) is 2.61. The van der Waals surface area contributed by atoms with Gasteiger partial charge in [0.15, 0.2) is 0 Å². The molecule has 0 spiro atoms. The van der Waals surface area contributed by atoms with E-state index in [1.54, 1.807) is 29.0 Å². The molecular formula is C17H17ClN6O2. The maximum atomic E-state index is 12.1. The fourth-order valence-electron chi connectivity index (χ4n) is 3.05. The molecule has 26 heavy (non-hydrogen) atoms. The molecule has 9 heteroatoms. The smallest absolute Gasteiger partial charge is 0.298 e. The van der Waals surface area contributed by atoms with Gasteiger partial charge in [0, 0.05) is 37.1 Å². The highest BCUT2D eigenvalue weighted by Gasteiger charge is 2.32. The van der Waals surface area contributed by atoms with Gasteiger partial charge in [-0.1, -0.05) is 11.6 Å². The van der Waals surface area contributed by atoms with Gasteiger partial charge in [-0.3, -0.25) is 9.59 Å². The Morgan fingerprint density at radius 2 is 2.08 bits per heavy atom. The van der Waals surface area contributed by atoms with Crippen LogP contribution in [-0.2, 0) is 16.6 Å². The van der Waals surface area contributed by atoms with E-state index in [-0.39, 0.29) is 11.9 Å². The molecule has 1 fully saturated rings. The molecule has 0 unspecified atom stereocenters. The van der Waals surface area contributed by atoms with Gasteiger partial charge in [0.05, 0.1) is 13.1 Å². The predicted molar refractivity (Wildman–Crippen MR) is 94.8 cm³/mol. The van der Waals surface area contributed by atoms with Crippen LogP contribution in [0.5, 0.6) is 0 Å². The van der Waals surface area contributed by atoms with Gasteiger partial charge in [-0.15, -0.1) is 16.6 Å². The van der Waals surface area contributed by atoms with Crippen LogP contribution in [0.3, 0.4) is 0 Å². The van der Waals surface area contributed by atoms with Crippen LogP contribution in [0, 0.1) is 12.3 Å². The van der Waals surface area contributed by atoms with Crippen molar-refractivity contribution >= 4 is 23.4 Å². The van der Waals surface area contributed by atoms with Gasteiger partial charge in [0.1, 0.15) is 0 Å². The molecular weight excluding hydrogens is 356 g/mol. The summed E-state index contributed by atoms with van der Waals surface area (Å²) in [5, 5.41) is 12.5. The summed E-state index contributed by atoms with van der Waals surface area (Å²) in [7, 11) is 1.67. The molecule has 0 radical (unpaired) electrons. The minimum Gasteiger partial charge on any atom is -0.332 e. The number of halogens is 1. The van der Waals surface area contributed by atoms with Crippen molar-refractivity contribution in [1.82, 2.24) is 30.0 Å². The fraction of sp³-hybridized carbons (Fsp3) is 0.353. The van der Waals surface area contributed by atoms with Gasteiger partial charge >= 0.3 is 0 Å². The SMILES string of the molecule is C#CC(=O)N1CCN(C(C)=O)[C@@H](c2cc(Cl)cc(-c3nnn(C)n3)c2)C1. The number of tetrazole rings is 1. The zero-order chi connectivity index (χ0) is 18.8. The summed E-state index contributed by atoms with van der Waals surface area (Å²) >= 11 is 6.28. The molecule has 2 heterocycles. The Kier molecular flexibility index (Phi) is 4.91. The minimum absolute atomic E-state index is 0.0815. The number of rotatable bonds is 2. The lowest BCUT2D eigenvalue weighted by atomic mass is 9.99. The highest BCUT2D eigenvalue weighted by atomic mass is 35.5. The van der Waals surface area contributed by atoms with E-state index in [0.29, 0.717) is 36.0 Å². The molecule has 8 nitrogen and oxygen atoms in total. The van der Waals surface area contributed by atoms with E-state index in [0.717, 1.165) is 5.56 Å². The number of terminal acetylenes is 1. The Morgan fingerprint density at radius 3 is 2.69 bits per heavy atom. The molecule has 0 saturated carbocycles. The maximum Gasteiger partial charge on any atom is 0.298 e. The number of carbonyl (C=O) groups excluding carboxylic acids is 2. The van der Waals surface area contributed by atoms with Crippen molar-refractivity contribution in [2.75, 3.05) is 19.6 Å². The van der Waals surface area contributed by atoms with E-state index >= 15 is 0 Å². The lowest BCUT2D eigenvalue weighted by molar-refractivity contribution is -0.139. The number of carbonyl (C=O) groups is 2. The van der Waals surface area contributed by atoms with Crippen LogP contribution >= 0.6 is 11.6 Å². The van der Waals surface area contributed by atoms with Crippen molar-refractivity contribution in [2.45, 2.75) is 13.0 Å². The highest BCUT2D eigenvalue weighted by Crippen LogP contribution is 2.31. The molecule has 0 N–H and O–H groups in total. The first-order valence-corrected chi connectivity index (χ1v) is 8.34. The van der Waals surface area contributed by atoms with E-state index in [4.69, 9.17) is 18.0 Å². The number of hydrogen-bond donors (Lipinski definition) is 0. The van der Waals surface area contributed by atoms with Gasteiger partial charge in [-0.05, 0) is 34.9 Å².